The molecule has 4 rings (SSSR count). The Balaban J connectivity index is 1.55. The van der Waals surface area contributed by atoms with Gasteiger partial charge in [0.2, 0.25) is 5.89 Å². The van der Waals surface area contributed by atoms with Crippen molar-refractivity contribution in [1.82, 2.24) is 10.2 Å². The lowest BCUT2D eigenvalue weighted by molar-refractivity contribution is 0.478. The number of hydrogen-bond acceptors (Lipinski definition) is 5. The Morgan fingerprint density at radius 3 is 2.65 bits per heavy atom. The minimum absolute atomic E-state index is 0.400. The molecule has 5 heteroatoms. The third-order valence-corrected chi connectivity index (χ3v) is 3.75. The van der Waals surface area contributed by atoms with Crippen LogP contribution in [-0.2, 0) is 6.54 Å². The average Bonchev–Trinajstić information content (AvgIpc) is 3.25. The maximum Gasteiger partial charge on any atom is 0.283 e. The van der Waals surface area contributed by atoms with Gasteiger partial charge in [0, 0.05) is 12.7 Å². The number of hydrogen-bond donors (Lipinski definition) is 0. The molecule has 2 heterocycles. The van der Waals surface area contributed by atoms with Crippen LogP contribution in [0.15, 0.2) is 69.7 Å². The first-order valence-corrected chi connectivity index (χ1v) is 7.36. The van der Waals surface area contributed by atoms with Gasteiger partial charge in [-0.1, -0.05) is 30.3 Å². The molecule has 0 aliphatic rings. The van der Waals surface area contributed by atoms with Crippen molar-refractivity contribution in [3.05, 3.63) is 66.8 Å². The molecule has 4 aromatic rings. The predicted molar refractivity (Wildman–Crippen MR) is 88.1 cm³/mol. The highest BCUT2D eigenvalue weighted by Crippen LogP contribution is 2.23. The Labute approximate surface area is 133 Å². The number of fused-ring (bicyclic) bond motifs is 1. The van der Waals surface area contributed by atoms with Gasteiger partial charge in [0.15, 0.2) is 5.76 Å². The SMILES string of the molecule is CN(Cc1nnc(-c2ccco2)o1)c1ccc2ccccc2c1. The smallest absolute Gasteiger partial charge is 0.283 e. The van der Waals surface area contributed by atoms with E-state index in [9.17, 15) is 0 Å². The van der Waals surface area contributed by atoms with Gasteiger partial charge in [-0.3, -0.25) is 0 Å². The summed E-state index contributed by atoms with van der Waals surface area (Å²) in [6.07, 6.45) is 1.58. The topological polar surface area (TPSA) is 55.3 Å². The maximum atomic E-state index is 5.65. The second kappa shape index (κ2) is 5.61. The summed E-state index contributed by atoms with van der Waals surface area (Å²) >= 11 is 0. The molecule has 0 unspecified atom stereocenters. The van der Waals surface area contributed by atoms with Gasteiger partial charge in [-0.25, -0.2) is 0 Å². The zero-order valence-corrected chi connectivity index (χ0v) is 12.6. The first kappa shape index (κ1) is 13.6. The maximum absolute atomic E-state index is 5.65. The molecule has 0 aliphatic carbocycles. The zero-order chi connectivity index (χ0) is 15.6. The number of furan rings is 1. The van der Waals surface area contributed by atoms with E-state index in [0.717, 1.165) is 5.69 Å². The Morgan fingerprint density at radius 2 is 1.83 bits per heavy atom. The van der Waals surface area contributed by atoms with Crippen LogP contribution >= 0.6 is 0 Å². The number of rotatable bonds is 4. The molecule has 2 aromatic carbocycles. The number of benzene rings is 2. The summed E-state index contributed by atoms with van der Waals surface area (Å²) in [5.41, 5.74) is 1.10. The molecular formula is C18H15N3O2. The van der Waals surface area contributed by atoms with Gasteiger partial charge < -0.3 is 13.7 Å². The van der Waals surface area contributed by atoms with Crippen LogP contribution in [0.25, 0.3) is 22.4 Å². The van der Waals surface area contributed by atoms with E-state index in [1.165, 1.54) is 10.8 Å². The first-order chi connectivity index (χ1) is 11.3. The summed E-state index contributed by atoms with van der Waals surface area (Å²) in [6, 6.07) is 18.2. The quantitative estimate of drug-likeness (QED) is 0.567. The molecule has 0 saturated carbocycles. The first-order valence-electron chi connectivity index (χ1n) is 7.36. The zero-order valence-electron chi connectivity index (χ0n) is 12.6. The monoisotopic (exact) mass is 305 g/mol. The summed E-state index contributed by atoms with van der Waals surface area (Å²) < 4.78 is 10.9. The minimum atomic E-state index is 0.400. The average molecular weight is 305 g/mol. The van der Waals surface area contributed by atoms with Crippen molar-refractivity contribution in [3.63, 3.8) is 0 Å². The van der Waals surface area contributed by atoms with Crippen LogP contribution in [0.2, 0.25) is 0 Å². The van der Waals surface area contributed by atoms with Gasteiger partial charge in [-0.15, -0.1) is 10.2 Å². The third kappa shape index (κ3) is 2.68. The highest BCUT2D eigenvalue weighted by Gasteiger charge is 2.13. The Hall–Kier alpha value is -3.08. The van der Waals surface area contributed by atoms with E-state index in [-0.39, 0.29) is 0 Å². The molecule has 0 saturated heterocycles. The second-order valence-electron chi connectivity index (χ2n) is 5.37. The fourth-order valence-electron chi connectivity index (χ4n) is 2.53. The summed E-state index contributed by atoms with van der Waals surface area (Å²) in [6.45, 7) is 0.534. The van der Waals surface area contributed by atoms with Crippen LogP contribution in [-0.4, -0.2) is 17.2 Å². The van der Waals surface area contributed by atoms with Crippen LogP contribution < -0.4 is 4.90 Å². The standard InChI is InChI=1S/C18H15N3O2/c1-21(15-9-8-13-5-2-3-6-14(13)11-15)12-17-19-20-18(23-17)16-7-4-10-22-16/h2-11H,12H2,1H3. The lowest BCUT2D eigenvalue weighted by Crippen LogP contribution is -2.16. The molecule has 5 nitrogen and oxygen atoms in total. The molecule has 0 fully saturated rings. The summed E-state index contributed by atoms with van der Waals surface area (Å²) in [5.74, 6) is 1.53. The molecular weight excluding hydrogens is 290 g/mol. The second-order valence-corrected chi connectivity index (χ2v) is 5.37. The molecule has 0 aliphatic heterocycles. The molecule has 0 spiro atoms. The van der Waals surface area contributed by atoms with Crippen molar-refractivity contribution >= 4 is 16.5 Å². The molecule has 0 bridgehead atoms. The molecule has 2 aromatic heterocycles. The van der Waals surface area contributed by atoms with Crippen molar-refractivity contribution in [2.45, 2.75) is 6.54 Å². The molecule has 0 amide bonds. The van der Waals surface area contributed by atoms with E-state index in [2.05, 4.69) is 45.4 Å². The van der Waals surface area contributed by atoms with Gasteiger partial charge in [0.25, 0.3) is 5.89 Å². The molecule has 0 N–H and O–H groups in total. The van der Waals surface area contributed by atoms with Gasteiger partial charge in [-0.2, -0.15) is 0 Å². The van der Waals surface area contributed by atoms with Crippen LogP contribution in [0.5, 0.6) is 0 Å². The normalized spacial score (nSPS) is 11.0. The van der Waals surface area contributed by atoms with Crippen molar-refractivity contribution in [2.24, 2.45) is 0 Å². The molecule has 0 radical (unpaired) electrons. The lowest BCUT2D eigenvalue weighted by Gasteiger charge is -2.17. The fraction of sp³-hybridized carbons (Fsp3) is 0.111. The molecule has 0 atom stereocenters. The van der Waals surface area contributed by atoms with E-state index in [1.54, 1.807) is 18.4 Å². The Bertz CT molecular complexity index is 928. The van der Waals surface area contributed by atoms with Crippen molar-refractivity contribution in [3.8, 4) is 11.7 Å². The van der Waals surface area contributed by atoms with E-state index in [1.807, 2.05) is 19.2 Å². The van der Waals surface area contributed by atoms with E-state index >= 15 is 0 Å². The predicted octanol–water partition coefficient (Wildman–Crippen LogP) is 4.12. The van der Waals surface area contributed by atoms with Gasteiger partial charge in [0.1, 0.15) is 0 Å². The third-order valence-electron chi connectivity index (χ3n) is 3.75. The lowest BCUT2D eigenvalue weighted by atomic mass is 10.1. The van der Waals surface area contributed by atoms with E-state index in [0.29, 0.717) is 24.1 Å². The Kier molecular flexibility index (Phi) is 3.31. The summed E-state index contributed by atoms with van der Waals surface area (Å²) in [4.78, 5) is 2.08. The number of aromatic nitrogens is 2. The summed E-state index contributed by atoms with van der Waals surface area (Å²) in [7, 11) is 2.00. The van der Waals surface area contributed by atoms with Gasteiger partial charge >= 0.3 is 0 Å². The minimum Gasteiger partial charge on any atom is -0.459 e. The van der Waals surface area contributed by atoms with E-state index < -0.39 is 0 Å². The van der Waals surface area contributed by atoms with Crippen molar-refractivity contribution in [1.29, 1.82) is 0 Å². The van der Waals surface area contributed by atoms with Crippen molar-refractivity contribution < 1.29 is 8.83 Å². The molecule has 23 heavy (non-hydrogen) atoms. The summed E-state index contributed by atoms with van der Waals surface area (Å²) in [5, 5.41) is 10.5. The van der Waals surface area contributed by atoms with Crippen LogP contribution in [0.1, 0.15) is 5.89 Å². The van der Waals surface area contributed by atoms with Crippen molar-refractivity contribution in [2.75, 3.05) is 11.9 Å². The van der Waals surface area contributed by atoms with Gasteiger partial charge in [-0.05, 0) is 35.0 Å². The van der Waals surface area contributed by atoms with Crippen LogP contribution in [0.3, 0.4) is 0 Å². The Morgan fingerprint density at radius 1 is 0.957 bits per heavy atom. The highest BCUT2D eigenvalue weighted by atomic mass is 16.4. The van der Waals surface area contributed by atoms with Crippen LogP contribution in [0, 0.1) is 0 Å². The van der Waals surface area contributed by atoms with E-state index in [4.69, 9.17) is 8.83 Å². The number of anilines is 1. The largest absolute Gasteiger partial charge is 0.459 e. The van der Waals surface area contributed by atoms with Gasteiger partial charge in [0.05, 0.1) is 12.8 Å². The molecule has 114 valence electrons. The van der Waals surface area contributed by atoms with Crippen LogP contribution in [0.4, 0.5) is 5.69 Å². The number of nitrogens with zero attached hydrogens (tertiary/aromatic N) is 3. The highest BCUT2D eigenvalue weighted by molar-refractivity contribution is 5.85. The fourth-order valence-corrected chi connectivity index (χ4v) is 2.53.